The average molecular weight is 292 g/mol. The summed E-state index contributed by atoms with van der Waals surface area (Å²) >= 11 is 1.28. The monoisotopic (exact) mass is 292 g/mol. The summed E-state index contributed by atoms with van der Waals surface area (Å²) in [5.74, 6) is 5.18. The number of carbonyl (C=O) groups excluding carboxylic acids is 1. The molecule has 20 heavy (non-hydrogen) atoms. The van der Waals surface area contributed by atoms with Crippen LogP contribution in [0.2, 0.25) is 0 Å². The molecule has 0 bridgehead atoms. The molecule has 0 aliphatic rings. The molecule has 0 fully saturated rings. The van der Waals surface area contributed by atoms with Crippen LogP contribution in [-0.2, 0) is 4.74 Å². The number of hydrogen-bond acceptors (Lipinski definition) is 5. The van der Waals surface area contributed by atoms with Crippen LogP contribution in [0.5, 0.6) is 0 Å². The molecule has 1 heterocycles. The number of ether oxygens (including phenoxy) is 1. The normalized spacial score (nSPS) is 9.45. The number of aliphatic hydroxyl groups is 1. The van der Waals surface area contributed by atoms with Crippen molar-refractivity contribution in [2.75, 3.05) is 33.4 Å². The Morgan fingerprint density at radius 1 is 1.50 bits per heavy atom. The molecule has 0 aliphatic heterocycles. The Morgan fingerprint density at radius 2 is 2.30 bits per heavy atom. The molecule has 1 aromatic heterocycles. The molecular formula is C14H16N2O3S. The lowest BCUT2D eigenvalue weighted by molar-refractivity contribution is 0.0704. The third-order valence-corrected chi connectivity index (χ3v) is 3.44. The SMILES string of the molecule is COCCN(CCC#N)C(=O)c1ccc(C#CCO)s1. The van der Waals surface area contributed by atoms with Gasteiger partial charge in [-0.05, 0) is 12.1 Å². The summed E-state index contributed by atoms with van der Waals surface area (Å²) in [4.78, 5) is 15.2. The lowest BCUT2D eigenvalue weighted by atomic mass is 10.3. The summed E-state index contributed by atoms with van der Waals surface area (Å²) in [5, 5.41) is 17.3. The zero-order valence-corrected chi connectivity index (χ0v) is 12.1. The molecule has 1 aromatic rings. The topological polar surface area (TPSA) is 73.6 Å². The van der Waals surface area contributed by atoms with Gasteiger partial charge in [0.1, 0.15) is 6.61 Å². The van der Waals surface area contributed by atoms with Gasteiger partial charge in [0.25, 0.3) is 5.91 Å². The molecule has 5 nitrogen and oxygen atoms in total. The minimum atomic E-state index is -0.205. The second-order valence-corrected chi connectivity index (χ2v) is 4.90. The first-order valence-electron chi connectivity index (χ1n) is 6.07. The number of carbonyl (C=O) groups is 1. The second-order valence-electron chi connectivity index (χ2n) is 3.82. The summed E-state index contributed by atoms with van der Waals surface area (Å²) < 4.78 is 4.97. The molecule has 6 heteroatoms. The van der Waals surface area contributed by atoms with Crippen molar-refractivity contribution in [3.8, 4) is 17.9 Å². The van der Waals surface area contributed by atoms with Gasteiger partial charge in [0.2, 0.25) is 0 Å². The van der Waals surface area contributed by atoms with Crippen molar-refractivity contribution in [3.05, 3.63) is 21.9 Å². The van der Waals surface area contributed by atoms with E-state index in [0.29, 0.717) is 24.6 Å². The van der Waals surface area contributed by atoms with Crippen LogP contribution < -0.4 is 0 Å². The minimum Gasteiger partial charge on any atom is -0.384 e. The van der Waals surface area contributed by atoms with Crippen LogP contribution >= 0.6 is 11.3 Å². The minimum absolute atomic E-state index is 0.126. The number of nitrogens with zero attached hydrogens (tertiary/aromatic N) is 2. The zero-order valence-electron chi connectivity index (χ0n) is 11.3. The van der Waals surface area contributed by atoms with Gasteiger partial charge in [-0.1, -0.05) is 11.8 Å². The first-order valence-corrected chi connectivity index (χ1v) is 6.89. The summed E-state index contributed by atoms with van der Waals surface area (Å²) in [6.45, 7) is 1.06. The maximum Gasteiger partial charge on any atom is 0.264 e. The van der Waals surface area contributed by atoms with Crippen LogP contribution in [-0.4, -0.2) is 49.3 Å². The molecule has 1 amide bonds. The highest BCUT2D eigenvalue weighted by Gasteiger charge is 2.17. The molecule has 0 radical (unpaired) electrons. The van der Waals surface area contributed by atoms with Gasteiger partial charge in [-0.25, -0.2) is 0 Å². The summed E-state index contributed by atoms with van der Waals surface area (Å²) in [6.07, 6.45) is 0.290. The van der Waals surface area contributed by atoms with Crippen LogP contribution in [0.15, 0.2) is 12.1 Å². The van der Waals surface area contributed by atoms with E-state index in [4.69, 9.17) is 15.1 Å². The van der Waals surface area contributed by atoms with Crippen molar-refractivity contribution in [1.29, 1.82) is 5.26 Å². The van der Waals surface area contributed by atoms with Gasteiger partial charge in [-0.3, -0.25) is 4.79 Å². The molecule has 0 spiro atoms. The number of hydrogen-bond donors (Lipinski definition) is 1. The quantitative estimate of drug-likeness (QED) is 0.797. The van der Waals surface area contributed by atoms with Gasteiger partial charge in [0.15, 0.2) is 0 Å². The molecule has 1 N–H and O–H groups in total. The van der Waals surface area contributed by atoms with Crippen molar-refractivity contribution in [3.63, 3.8) is 0 Å². The summed E-state index contributed by atoms with van der Waals surface area (Å²) in [5.41, 5.74) is 0. The average Bonchev–Trinajstić information content (AvgIpc) is 2.93. The largest absolute Gasteiger partial charge is 0.384 e. The van der Waals surface area contributed by atoms with E-state index in [2.05, 4.69) is 11.8 Å². The molecule has 0 aliphatic carbocycles. The smallest absolute Gasteiger partial charge is 0.264 e. The van der Waals surface area contributed by atoms with E-state index in [0.717, 1.165) is 4.88 Å². The van der Waals surface area contributed by atoms with Gasteiger partial charge < -0.3 is 14.7 Å². The summed E-state index contributed by atoms with van der Waals surface area (Å²) in [7, 11) is 1.57. The van der Waals surface area contributed by atoms with Gasteiger partial charge >= 0.3 is 0 Å². The van der Waals surface area contributed by atoms with Crippen molar-refractivity contribution in [2.45, 2.75) is 6.42 Å². The zero-order chi connectivity index (χ0) is 14.8. The van der Waals surface area contributed by atoms with Crippen molar-refractivity contribution in [2.24, 2.45) is 0 Å². The highest BCUT2D eigenvalue weighted by molar-refractivity contribution is 7.14. The number of rotatable bonds is 6. The maximum atomic E-state index is 12.3. The molecule has 0 unspecified atom stereocenters. The Kier molecular flexibility index (Phi) is 7.38. The van der Waals surface area contributed by atoms with Gasteiger partial charge in [0, 0.05) is 20.2 Å². The van der Waals surface area contributed by atoms with Crippen LogP contribution in [0.1, 0.15) is 21.0 Å². The van der Waals surface area contributed by atoms with Gasteiger partial charge in [0.05, 0.1) is 28.9 Å². The second kappa shape index (κ2) is 9.11. The van der Waals surface area contributed by atoms with E-state index in [1.165, 1.54) is 11.3 Å². The Bertz CT molecular complexity index is 537. The Labute approximate surface area is 122 Å². The molecule has 0 atom stereocenters. The number of thiophene rings is 1. The predicted octanol–water partition coefficient (Wildman–Crippen LogP) is 1.09. The van der Waals surface area contributed by atoms with Crippen LogP contribution in [0.25, 0.3) is 0 Å². The number of nitriles is 1. The molecule has 0 aromatic carbocycles. The lowest BCUT2D eigenvalue weighted by Crippen LogP contribution is -2.34. The van der Waals surface area contributed by atoms with E-state index in [1.54, 1.807) is 24.1 Å². The first kappa shape index (κ1) is 16.2. The molecule has 1 rings (SSSR count). The number of aliphatic hydroxyl groups excluding tert-OH is 1. The number of methoxy groups -OCH3 is 1. The van der Waals surface area contributed by atoms with E-state index in [1.807, 2.05) is 6.07 Å². The Morgan fingerprint density at radius 3 is 2.95 bits per heavy atom. The fraction of sp³-hybridized carbons (Fsp3) is 0.429. The van der Waals surface area contributed by atoms with E-state index >= 15 is 0 Å². The van der Waals surface area contributed by atoms with Gasteiger partial charge in [-0.15, -0.1) is 11.3 Å². The molecule has 0 saturated heterocycles. The highest BCUT2D eigenvalue weighted by Crippen LogP contribution is 2.17. The lowest BCUT2D eigenvalue weighted by Gasteiger charge is -2.20. The molecule has 106 valence electrons. The molecular weight excluding hydrogens is 276 g/mol. The molecule has 0 saturated carbocycles. The van der Waals surface area contributed by atoms with E-state index in [9.17, 15) is 4.79 Å². The van der Waals surface area contributed by atoms with E-state index < -0.39 is 0 Å². The predicted molar refractivity (Wildman–Crippen MR) is 76.3 cm³/mol. The maximum absolute atomic E-state index is 12.3. The van der Waals surface area contributed by atoms with Crippen molar-refractivity contribution >= 4 is 17.2 Å². The third-order valence-electron chi connectivity index (χ3n) is 2.45. The van der Waals surface area contributed by atoms with Crippen LogP contribution in [0.4, 0.5) is 0 Å². The standard InChI is InChI=1S/C14H16N2O3S/c1-19-11-9-16(8-3-7-15)14(18)13-6-5-12(20-13)4-2-10-17/h5-6,17H,3,8-11H2,1H3. The highest BCUT2D eigenvalue weighted by atomic mass is 32.1. The third kappa shape index (κ3) is 5.02. The van der Waals surface area contributed by atoms with Gasteiger partial charge in [-0.2, -0.15) is 5.26 Å². The first-order chi connectivity index (χ1) is 9.72. The Balaban J connectivity index is 2.77. The fourth-order valence-electron chi connectivity index (χ4n) is 1.50. The van der Waals surface area contributed by atoms with Crippen LogP contribution in [0, 0.1) is 23.2 Å². The van der Waals surface area contributed by atoms with Crippen molar-refractivity contribution in [1.82, 2.24) is 4.90 Å². The number of amides is 1. The Hall–Kier alpha value is -1.86. The fourth-order valence-corrected chi connectivity index (χ4v) is 2.35. The van der Waals surface area contributed by atoms with Crippen LogP contribution in [0.3, 0.4) is 0 Å². The van der Waals surface area contributed by atoms with E-state index in [-0.39, 0.29) is 18.9 Å². The van der Waals surface area contributed by atoms with Crippen molar-refractivity contribution < 1.29 is 14.6 Å². The summed E-state index contributed by atoms with van der Waals surface area (Å²) in [6, 6.07) is 5.49.